The van der Waals surface area contributed by atoms with Gasteiger partial charge in [0.05, 0.1) is 36.1 Å². The standard InChI is InChI=1S/C13H14BrCl2N3O/c1-20-5-4-19-13(11(16)7-18-19)12(17)9-6-8(14)2-3-10(9)15/h2-3,6-7,12H,4-5,17H2,1H3. The van der Waals surface area contributed by atoms with Gasteiger partial charge in [-0.2, -0.15) is 5.10 Å². The number of halogens is 3. The van der Waals surface area contributed by atoms with Crippen molar-refractivity contribution in [2.75, 3.05) is 13.7 Å². The number of benzene rings is 1. The van der Waals surface area contributed by atoms with Crippen LogP contribution in [-0.2, 0) is 11.3 Å². The maximum Gasteiger partial charge on any atom is 0.0837 e. The first-order valence-electron chi connectivity index (χ1n) is 5.95. The predicted octanol–water partition coefficient (Wildman–Crippen LogP) is 3.65. The van der Waals surface area contributed by atoms with Crippen molar-refractivity contribution < 1.29 is 4.74 Å². The molecule has 0 saturated carbocycles. The fourth-order valence-electron chi connectivity index (χ4n) is 1.94. The first-order chi connectivity index (χ1) is 9.54. The SMILES string of the molecule is COCCn1ncc(Cl)c1C(N)c1cc(Br)ccc1Cl. The van der Waals surface area contributed by atoms with E-state index in [0.717, 1.165) is 15.7 Å². The Morgan fingerprint density at radius 2 is 2.15 bits per heavy atom. The Labute approximate surface area is 135 Å². The molecule has 1 unspecified atom stereocenters. The summed E-state index contributed by atoms with van der Waals surface area (Å²) in [5.41, 5.74) is 7.83. The summed E-state index contributed by atoms with van der Waals surface area (Å²) in [6.07, 6.45) is 1.58. The van der Waals surface area contributed by atoms with E-state index >= 15 is 0 Å². The maximum atomic E-state index is 6.31. The Morgan fingerprint density at radius 3 is 2.85 bits per heavy atom. The summed E-state index contributed by atoms with van der Waals surface area (Å²) in [4.78, 5) is 0. The smallest absolute Gasteiger partial charge is 0.0837 e. The second-order valence-electron chi connectivity index (χ2n) is 4.24. The lowest BCUT2D eigenvalue weighted by molar-refractivity contribution is 0.182. The monoisotopic (exact) mass is 377 g/mol. The second kappa shape index (κ2) is 6.91. The average Bonchev–Trinajstić information content (AvgIpc) is 2.79. The molecular formula is C13H14BrCl2N3O. The van der Waals surface area contributed by atoms with Gasteiger partial charge in [-0.3, -0.25) is 4.68 Å². The molecule has 0 aliphatic carbocycles. The van der Waals surface area contributed by atoms with Crippen LogP contribution in [0.25, 0.3) is 0 Å². The van der Waals surface area contributed by atoms with E-state index in [-0.39, 0.29) is 0 Å². The van der Waals surface area contributed by atoms with Gasteiger partial charge in [0.2, 0.25) is 0 Å². The summed E-state index contributed by atoms with van der Waals surface area (Å²) >= 11 is 15.8. The van der Waals surface area contributed by atoms with Gasteiger partial charge in [-0.05, 0) is 23.8 Å². The van der Waals surface area contributed by atoms with Crippen molar-refractivity contribution in [3.63, 3.8) is 0 Å². The second-order valence-corrected chi connectivity index (χ2v) is 5.97. The predicted molar refractivity (Wildman–Crippen MR) is 84.3 cm³/mol. The van der Waals surface area contributed by atoms with Crippen molar-refractivity contribution >= 4 is 39.1 Å². The summed E-state index contributed by atoms with van der Waals surface area (Å²) in [6, 6.07) is 5.09. The normalized spacial score (nSPS) is 12.7. The van der Waals surface area contributed by atoms with Crippen molar-refractivity contribution in [2.24, 2.45) is 5.73 Å². The van der Waals surface area contributed by atoms with Gasteiger partial charge in [0, 0.05) is 16.6 Å². The molecule has 0 radical (unpaired) electrons. The average molecular weight is 379 g/mol. The van der Waals surface area contributed by atoms with Crippen LogP contribution in [0.3, 0.4) is 0 Å². The number of rotatable bonds is 5. The van der Waals surface area contributed by atoms with Crippen LogP contribution in [-0.4, -0.2) is 23.5 Å². The largest absolute Gasteiger partial charge is 0.383 e. The Kier molecular flexibility index (Phi) is 5.46. The zero-order chi connectivity index (χ0) is 14.7. The van der Waals surface area contributed by atoms with Gasteiger partial charge in [0.15, 0.2) is 0 Å². The summed E-state index contributed by atoms with van der Waals surface area (Å²) in [5, 5.41) is 5.33. The molecule has 4 nitrogen and oxygen atoms in total. The molecule has 0 amide bonds. The highest BCUT2D eigenvalue weighted by Gasteiger charge is 2.20. The quantitative estimate of drug-likeness (QED) is 0.863. The minimum absolute atomic E-state index is 0.452. The fourth-order valence-corrected chi connectivity index (χ4v) is 2.81. The summed E-state index contributed by atoms with van der Waals surface area (Å²) in [7, 11) is 1.63. The zero-order valence-corrected chi connectivity index (χ0v) is 13.9. The molecule has 108 valence electrons. The molecule has 2 aromatic rings. The van der Waals surface area contributed by atoms with Gasteiger partial charge >= 0.3 is 0 Å². The molecule has 0 aliphatic heterocycles. The maximum absolute atomic E-state index is 6.31. The number of ether oxygens (including phenoxy) is 1. The van der Waals surface area contributed by atoms with E-state index in [1.807, 2.05) is 12.1 Å². The van der Waals surface area contributed by atoms with Gasteiger partial charge in [-0.25, -0.2) is 0 Å². The molecule has 1 atom stereocenters. The molecule has 1 aromatic heterocycles. The van der Waals surface area contributed by atoms with Gasteiger partial charge in [-0.1, -0.05) is 39.1 Å². The molecule has 1 heterocycles. The van der Waals surface area contributed by atoms with E-state index in [0.29, 0.717) is 23.2 Å². The minimum Gasteiger partial charge on any atom is -0.383 e. The van der Waals surface area contributed by atoms with Crippen LogP contribution >= 0.6 is 39.1 Å². The van der Waals surface area contributed by atoms with Gasteiger partial charge < -0.3 is 10.5 Å². The fraction of sp³-hybridized carbons (Fsp3) is 0.308. The van der Waals surface area contributed by atoms with Gasteiger partial charge in [0.25, 0.3) is 0 Å². The Hall–Kier alpha value is -0.590. The van der Waals surface area contributed by atoms with Gasteiger partial charge in [0.1, 0.15) is 0 Å². The molecule has 2 rings (SSSR count). The highest BCUT2D eigenvalue weighted by Crippen LogP contribution is 2.32. The van der Waals surface area contributed by atoms with Crippen LogP contribution in [0.4, 0.5) is 0 Å². The lowest BCUT2D eigenvalue weighted by atomic mass is 10.0. The molecule has 20 heavy (non-hydrogen) atoms. The first kappa shape index (κ1) is 15.8. The first-order valence-corrected chi connectivity index (χ1v) is 7.50. The molecule has 0 spiro atoms. The molecule has 0 fully saturated rings. The van der Waals surface area contributed by atoms with E-state index in [1.165, 1.54) is 0 Å². The van der Waals surface area contributed by atoms with E-state index in [1.54, 1.807) is 24.1 Å². The summed E-state index contributed by atoms with van der Waals surface area (Å²) < 4.78 is 7.71. The highest BCUT2D eigenvalue weighted by molar-refractivity contribution is 9.10. The zero-order valence-electron chi connectivity index (χ0n) is 10.8. The lowest BCUT2D eigenvalue weighted by Crippen LogP contribution is -2.19. The molecule has 7 heteroatoms. The molecule has 1 aromatic carbocycles. The molecule has 0 saturated heterocycles. The van der Waals surface area contributed by atoms with Crippen LogP contribution in [0.2, 0.25) is 10.0 Å². The molecule has 0 aliphatic rings. The Balaban J connectivity index is 2.39. The third-order valence-electron chi connectivity index (χ3n) is 2.93. The third kappa shape index (κ3) is 3.35. The van der Waals surface area contributed by atoms with E-state index in [9.17, 15) is 0 Å². The van der Waals surface area contributed by atoms with Crippen LogP contribution in [0.1, 0.15) is 17.3 Å². The van der Waals surface area contributed by atoms with Crippen LogP contribution in [0.15, 0.2) is 28.9 Å². The highest BCUT2D eigenvalue weighted by atomic mass is 79.9. The number of methoxy groups -OCH3 is 1. The Bertz CT molecular complexity index is 603. The number of nitrogens with two attached hydrogens (primary N) is 1. The Morgan fingerprint density at radius 1 is 1.40 bits per heavy atom. The van der Waals surface area contributed by atoms with E-state index < -0.39 is 6.04 Å². The number of hydrogen-bond donors (Lipinski definition) is 1. The van der Waals surface area contributed by atoms with E-state index in [2.05, 4.69) is 21.0 Å². The summed E-state index contributed by atoms with van der Waals surface area (Å²) in [5.74, 6) is 0. The number of hydrogen-bond acceptors (Lipinski definition) is 3. The molecular weight excluding hydrogens is 365 g/mol. The molecule has 0 bridgehead atoms. The third-order valence-corrected chi connectivity index (χ3v) is 4.06. The van der Waals surface area contributed by atoms with Crippen LogP contribution in [0.5, 0.6) is 0 Å². The number of nitrogens with zero attached hydrogens (tertiary/aromatic N) is 2. The topological polar surface area (TPSA) is 53.1 Å². The van der Waals surface area contributed by atoms with Crippen LogP contribution < -0.4 is 5.73 Å². The van der Waals surface area contributed by atoms with Crippen molar-refractivity contribution in [3.8, 4) is 0 Å². The van der Waals surface area contributed by atoms with Crippen LogP contribution in [0, 0.1) is 0 Å². The molecule has 2 N–H and O–H groups in total. The van der Waals surface area contributed by atoms with E-state index in [4.69, 9.17) is 33.7 Å². The lowest BCUT2D eigenvalue weighted by Gasteiger charge is -2.17. The van der Waals surface area contributed by atoms with Crippen molar-refractivity contribution in [1.29, 1.82) is 0 Å². The van der Waals surface area contributed by atoms with Crippen molar-refractivity contribution in [3.05, 3.63) is 50.2 Å². The summed E-state index contributed by atoms with van der Waals surface area (Å²) in [6.45, 7) is 1.11. The number of aromatic nitrogens is 2. The van der Waals surface area contributed by atoms with Crippen molar-refractivity contribution in [1.82, 2.24) is 9.78 Å². The van der Waals surface area contributed by atoms with Gasteiger partial charge in [-0.15, -0.1) is 0 Å². The van der Waals surface area contributed by atoms with Crippen molar-refractivity contribution in [2.45, 2.75) is 12.6 Å². The minimum atomic E-state index is -0.452.